The molecule has 10 nitrogen and oxygen atoms in total. The Morgan fingerprint density at radius 3 is 2.80 bits per heavy atom. The molecule has 1 aliphatic heterocycles. The highest BCUT2D eigenvalue weighted by Gasteiger charge is 2.35. The van der Waals surface area contributed by atoms with Crippen LogP contribution < -0.4 is 11.1 Å². The summed E-state index contributed by atoms with van der Waals surface area (Å²) < 4.78 is 8.63. The van der Waals surface area contributed by atoms with Gasteiger partial charge in [-0.15, -0.1) is 0 Å². The van der Waals surface area contributed by atoms with Gasteiger partial charge in [0.25, 0.3) is 5.91 Å². The molecular formula is C24H24ClN7O3. The number of imidazole rings is 1. The van der Waals surface area contributed by atoms with Crippen molar-refractivity contribution in [2.24, 2.45) is 12.8 Å². The maximum absolute atomic E-state index is 12.4. The summed E-state index contributed by atoms with van der Waals surface area (Å²) in [6.45, 7) is 3.87. The third kappa shape index (κ3) is 4.34. The van der Waals surface area contributed by atoms with Gasteiger partial charge in [-0.05, 0) is 24.1 Å². The van der Waals surface area contributed by atoms with Crippen LogP contribution in [0, 0.1) is 11.8 Å². The van der Waals surface area contributed by atoms with Crippen molar-refractivity contribution in [3.8, 4) is 11.8 Å². The molecule has 0 spiro atoms. The minimum absolute atomic E-state index is 0.154. The van der Waals surface area contributed by atoms with E-state index in [4.69, 9.17) is 22.1 Å². The molecule has 3 N–H and O–H groups in total. The third-order valence-electron chi connectivity index (χ3n) is 5.75. The van der Waals surface area contributed by atoms with Gasteiger partial charge in [-0.1, -0.05) is 24.1 Å². The van der Waals surface area contributed by atoms with Gasteiger partial charge in [0, 0.05) is 32.6 Å². The van der Waals surface area contributed by atoms with Crippen molar-refractivity contribution >= 4 is 40.3 Å². The highest BCUT2D eigenvalue weighted by molar-refractivity contribution is 6.32. The summed E-state index contributed by atoms with van der Waals surface area (Å²) in [6.07, 6.45) is 4.88. The molecule has 180 valence electrons. The lowest BCUT2D eigenvalue weighted by molar-refractivity contribution is -0.123. The molecule has 11 heteroatoms. The van der Waals surface area contributed by atoms with Crippen LogP contribution in [0.15, 0.2) is 43.1 Å². The molecule has 2 aromatic heterocycles. The van der Waals surface area contributed by atoms with Gasteiger partial charge < -0.3 is 25.3 Å². The zero-order valence-corrected chi connectivity index (χ0v) is 20.3. The van der Waals surface area contributed by atoms with Crippen molar-refractivity contribution in [1.82, 2.24) is 24.2 Å². The number of carbonyl (C=O) groups excluding carboxylic acids is 2. The van der Waals surface area contributed by atoms with Gasteiger partial charge in [0.1, 0.15) is 17.6 Å². The quantitative estimate of drug-likeness (QED) is 0.320. The van der Waals surface area contributed by atoms with E-state index in [-0.39, 0.29) is 23.2 Å². The van der Waals surface area contributed by atoms with Gasteiger partial charge in [-0.2, -0.15) is 5.10 Å². The Bertz CT molecular complexity index is 1440. The van der Waals surface area contributed by atoms with Crippen molar-refractivity contribution < 1.29 is 14.3 Å². The van der Waals surface area contributed by atoms with Crippen molar-refractivity contribution in [2.45, 2.75) is 12.5 Å². The number of ether oxygens (including phenoxy) is 1. The summed E-state index contributed by atoms with van der Waals surface area (Å²) in [5.74, 6) is 5.41. The number of aromatic nitrogens is 4. The fourth-order valence-electron chi connectivity index (χ4n) is 4.13. The highest BCUT2D eigenvalue weighted by atomic mass is 35.5. The first kappa shape index (κ1) is 23.9. The van der Waals surface area contributed by atoms with Gasteiger partial charge in [0.15, 0.2) is 5.69 Å². The van der Waals surface area contributed by atoms with E-state index in [1.54, 1.807) is 35.1 Å². The number of aryl methyl sites for hydroxylation is 1. The number of allylic oxidation sites excluding steroid dienone is 1. The van der Waals surface area contributed by atoms with Crippen LogP contribution in [0.1, 0.15) is 34.1 Å². The zero-order valence-electron chi connectivity index (χ0n) is 19.5. The fraction of sp³-hybridized carbons (Fsp3) is 0.250. The molecule has 1 aliphatic rings. The Morgan fingerprint density at radius 1 is 1.37 bits per heavy atom. The summed E-state index contributed by atoms with van der Waals surface area (Å²) in [6, 6.07) is 3.28. The minimum atomic E-state index is -0.680. The van der Waals surface area contributed by atoms with Gasteiger partial charge in [0.05, 0.1) is 41.2 Å². The molecule has 0 aliphatic carbocycles. The van der Waals surface area contributed by atoms with E-state index in [0.29, 0.717) is 35.1 Å². The van der Waals surface area contributed by atoms with Crippen LogP contribution in [0.3, 0.4) is 0 Å². The van der Waals surface area contributed by atoms with Crippen molar-refractivity contribution in [1.29, 1.82) is 0 Å². The number of nitrogens with one attached hydrogen (secondary N) is 1. The second-order valence-electron chi connectivity index (χ2n) is 7.91. The standard InChI is InChI=1S/C24H24ClN7O3/c1-5-21(33)31-11-15(9-16(31)12-35-4)32-24(27-2)22(23(26)34)18(29-32)7-6-14-8-19-20(10-17(14)25)30(3)13-28-19/h5,8,10,12-13,15,27H,1,9,11H2,2-4H3,(H2,26,34)/b16-12+/t15-/m0/s1. The molecule has 3 heterocycles. The summed E-state index contributed by atoms with van der Waals surface area (Å²) in [5, 5.41) is 8.05. The number of amides is 2. The number of methoxy groups -OCH3 is 1. The van der Waals surface area contributed by atoms with Gasteiger partial charge >= 0.3 is 0 Å². The number of rotatable bonds is 5. The van der Waals surface area contributed by atoms with Crippen molar-refractivity contribution in [3.05, 3.63) is 64.9 Å². The van der Waals surface area contributed by atoms with E-state index in [1.165, 1.54) is 19.4 Å². The molecule has 0 bridgehead atoms. The number of anilines is 1. The molecular weight excluding hydrogens is 470 g/mol. The summed E-state index contributed by atoms with van der Waals surface area (Å²) in [5.41, 5.74) is 8.89. The largest absolute Gasteiger partial charge is 0.503 e. The van der Waals surface area contributed by atoms with Crippen LogP contribution >= 0.6 is 11.6 Å². The molecule has 1 atom stereocenters. The Morgan fingerprint density at radius 2 is 2.14 bits per heavy atom. The van der Waals surface area contributed by atoms with E-state index < -0.39 is 5.91 Å². The van der Waals surface area contributed by atoms with Gasteiger partial charge in [-0.3, -0.25) is 9.59 Å². The Kier molecular flexibility index (Phi) is 6.53. The van der Waals surface area contributed by atoms with Crippen molar-refractivity contribution in [3.63, 3.8) is 0 Å². The number of likely N-dealkylation sites (tertiary alicyclic amines) is 1. The number of primary amides is 1. The van der Waals surface area contributed by atoms with Crippen LogP contribution in [0.2, 0.25) is 5.02 Å². The number of carbonyl (C=O) groups is 2. The fourth-order valence-corrected chi connectivity index (χ4v) is 4.33. The van der Waals surface area contributed by atoms with E-state index >= 15 is 0 Å². The molecule has 1 aromatic carbocycles. The van der Waals surface area contributed by atoms with Crippen LogP contribution in [-0.2, 0) is 16.6 Å². The van der Waals surface area contributed by atoms with Crippen LogP contribution in [0.25, 0.3) is 11.0 Å². The molecule has 1 saturated heterocycles. The maximum Gasteiger partial charge on any atom is 0.255 e. The molecule has 3 aromatic rings. The number of fused-ring (bicyclic) bond motifs is 1. The Hall–Kier alpha value is -4.23. The molecule has 0 radical (unpaired) electrons. The second kappa shape index (κ2) is 9.56. The molecule has 35 heavy (non-hydrogen) atoms. The number of hydrogen-bond acceptors (Lipinski definition) is 6. The van der Waals surface area contributed by atoms with Crippen molar-refractivity contribution in [2.75, 3.05) is 26.0 Å². The summed E-state index contributed by atoms with van der Waals surface area (Å²) >= 11 is 6.44. The lowest BCUT2D eigenvalue weighted by atomic mass is 10.1. The maximum atomic E-state index is 12.4. The zero-order chi connectivity index (χ0) is 25.3. The summed E-state index contributed by atoms with van der Waals surface area (Å²) in [7, 11) is 5.05. The number of hydrogen-bond donors (Lipinski definition) is 2. The van der Waals surface area contributed by atoms with Crippen LogP contribution in [0.4, 0.5) is 5.82 Å². The predicted octanol–water partition coefficient (Wildman–Crippen LogP) is 2.41. The minimum Gasteiger partial charge on any atom is -0.503 e. The Balaban J connectivity index is 1.77. The summed E-state index contributed by atoms with van der Waals surface area (Å²) in [4.78, 5) is 30.6. The van der Waals surface area contributed by atoms with E-state index in [2.05, 4.69) is 33.8 Å². The second-order valence-corrected chi connectivity index (χ2v) is 8.32. The number of halogens is 1. The SMILES string of the molecule is C=CC(=O)N1C[C@@H](n2nc(C#Cc3cc4ncn(C)c4cc3Cl)c(C(N)=O)c2NC)C/C1=C\OC. The molecule has 2 amide bonds. The van der Waals surface area contributed by atoms with Gasteiger partial charge in [-0.25, -0.2) is 9.67 Å². The number of benzene rings is 1. The van der Waals surface area contributed by atoms with Crippen LogP contribution in [-0.4, -0.2) is 56.7 Å². The molecule has 4 rings (SSSR count). The highest BCUT2D eigenvalue weighted by Crippen LogP contribution is 2.34. The topological polar surface area (TPSA) is 120 Å². The predicted molar refractivity (Wildman–Crippen MR) is 133 cm³/mol. The average Bonchev–Trinajstić information content (AvgIpc) is 3.52. The molecule has 0 unspecified atom stereocenters. The lowest BCUT2D eigenvalue weighted by Gasteiger charge is -2.16. The molecule has 1 fully saturated rings. The third-order valence-corrected chi connectivity index (χ3v) is 6.06. The van der Waals surface area contributed by atoms with E-state index in [1.807, 2.05) is 11.6 Å². The normalized spacial score (nSPS) is 16.3. The van der Waals surface area contributed by atoms with Crippen LogP contribution in [0.5, 0.6) is 0 Å². The lowest BCUT2D eigenvalue weighted by Crippen LogP contribution is -2.27. The smallest absolute Gasteiger partial charge is 0.255 e. The van der Waals surface area contributed by atoms with Gasteiger partial charge in [0.2, 0.25) is 5.91 Å². The monoisotopic (exact) mass is 493 g/mol. The first-order valence-electron chi connectivity index (χ1n) is 10.7. The average molecular weight is 494 g/mol. The number of nitrogens with two attached hydrogens (primary N) is 1. The number of nitrogens with zero attached hydrogens (tertiary/aromatic N) is 5. The van der Waals surface area contributed by atoms with E-state index in [0.717, 1.165) is 11.0 Å². The Labute approximate surface area is 207 Å². The first-order valence-corrected chi connectivity index (χ1v) is 11.0. The first-order chi connectivity index (χ1) is 16.8. The van der Waals surface area contributed by atoms with E-state index in [9.17, 15) is 9.59 Å². The molecule has 0 saturated carbocycles.